The van der Waals surface area contributed by atoms with Gasteiger partial charge in [-0.05, 0) is 37.3 Å². The van der Waals surface area contributed by atoms with Gasteiger partial charge in [0.15, 0.2) is 0 Å². The number of fused-ring (bicyclic) bond motifs is 1. The Morgan fingerprint density at radius 1 is 1.32 bits per heavy atom. The number of carbonyl (C=O) groups is 1. The Hall–Kier alpha value is -1.42. The van der Waals surface area contributed by atoms with Crippen LogP contribution in [0.1, 0.15) is 30.4 Å². The summed E-state index contributed by atoms with van der Waals surface area (Å²) < 4.78 is 0. The minimum Gasteiger partial charge on any atom is -0.244 e. The molecule has 4 heteroatoms. The van der Waals surface area contributed by atoms with Crippen LogP contribution in [-0.2, 0) is 5.75 Å². The highest BCUT2D eigenvalue weighted by Gasteiger charge is 2.31. The molecule has 0 N–H and O–H groups in total. The summed E-state index contributed by atoms with van der Waals surface area (Å²) >= 11 is 1.69. The Morgan fingerprint density at radius 2 is 2.16 bits per heavy atom. The van der Waals surface area contributed by atoms with Crippen LogP contribution in [0.3, 0.4) is 0 Å². The van der Waals surface area contributed by atoms with Crippen molar-refractivity contribution in [2.45, 2.75) is 31.9 Å². The third-order valence-electron chi connectivity index (χ3n) is 3.71. The maximum Gasteiger partial charge on any atom is 0.367 e. The summed E-state index contributed by atoms with van der Waals surface area (Å²) in [5, 5.41) is 0.968. The molecule has 0 radical (unpaired) electrons. The van der Waals surface area contributed by atoms with Crippen molar-refractivity contribution in [3.63, 3.8) is 0 Å². The average Bonchev–Trinajstić information content (AvgIpc) is 2.85. The van der Waals surface area contributed by atoms with Crippen molar-refractivity contribution < 1.29 is 4.79 Å². The van der Waals surface area contributed by atoms with Crippen LogP contribution in [0.25, 0.3) is 0 Å². The van der Waals surface area contributed by atoms with Gasteiger partial charge >= 0.3 is 6.03 Å². The van der Waals surface area contributed by atoms with Crippen LogP contribution in [0.5, 0.6) is 0 Å². The smallest absolute Gasteiger partial charge is 0.244 e. The zero-order chi connectivity index (χ0) is 13.2. The number of rotatable bonds is 2. The highest BCUT2D eigenvalue weighted by Crippen LogP contribution is 2.32. The molecule has 1 aromatic rings. The first-order valence-corrected chi connectivity index (χ1v) is 7.60. The SMILES string of the molecule is Cc1ccccc1CSC1=NC(=O)N=C2CCCC21. The molecule has 1 fully saturated rings. The van der Waals surface area contributed by atoms with Crippen LogP contribution >= 0.6 is 11.8 Å². The fourth-order valence-electron chi connectivity index (χ4n) is 2.60. The van der Waals surface area contributed by atoms with E-state index in [2.05, 4.69) is 35.1 Å². The first kappa shape index (κ1) is 12.6. The van der Waals surface area contributed by atoms with Gasteiger partial charge in [-0.3, -0.25) is 0 Å². The molecular formula is C15H16N2OS. The average molecular weight is 272 g/mol. The molecule has 1 aliphatic carbocycles. The van der Waals surface area contributed by atoms with Gasteiger partial charge < -0.3 is 0 Å². The molecule has 98 valence electrons. The Bertz CT molecular complexity index is 577. The van der Waals surface area contributed by atoms with Crippen LogP contribution < -0.4 is 0 Å². The fourth-order valence-corrected chi connectivity index (χ4v) is 3.83. The molecule has 1 aliphatic heterocycles. The predicted molar refractivity (Wildman–Crippen MR) is 80.1 cm³/mol. The summed E-state index contributed by atoms with van der Waals surface area (Å²) in [5.74, 6) is 1.19. The molecule has 1 aromatic carbocycles. The number of thioether (sulfide) groups is 1. The summed E-state index contributed by atoms with van der Waals surface area (Å²) in [7, 11) is 0. The lowest BCUT2D eigenvalue weighted by Crippen LogP contribution is -2.22. The zero-order valence-electron chi connectivity index (χ0n) is 10.9. The molecule has 2 amide bonds. The van der Waals surface area contributed by atoms with E-state index < -0.39 is 0 Å². The lowest BCUT2D eigenvalue weighted by molar-refractivity contribution is 0.256. The van der Waals surface area contributed by atoms with Gasteiger partial charge in [-0.1, -0.05) is 24.3 Å². The second kappa shape index (κ2) is 5.29. The van der Waals surface area contributed by atoms with Gasteiger partial charge in [-0.2, -0.15) is 4.99 Å². The second-order valence-electron chi connectivity index (χ2n) is 5.00. The first-order chi connectivity index (χ1) is 9.24. The summed E-state index contributed by atoms with van der Waals surface area (Å²) in [4.78, 5) is 19.7. The number of hydrogen-bond acceptors (Lipinski definition) is 2. The molecule has 19 heavy (non-hydrogen) atoms. The van der Waals surface area contributed by atoms with Crippen molar-refractivity contribution in [2.24, 2.45) is 15.9 Å². The van der Waals surface area contributed by atoms with Crippen molar-refractivity contribution in [1.82, 2.24) is 0 Å². The van der Waals surface area contributed by atoms with E-state index in [9.17, 15) is 4.79 Å². The van der Waals surface area contributed by atoms with Crippen molar-refractivity contribution in [1.29, 1.82) is 0 Å². The first-order valence-electron chi connectivity index (χ1n) is 6.61. The van der Waals surface area contributed by atoms with Gasteiger partial charge in [0.05, 0.1) is 5.04 Å². The van der Waals surface area contributed by atoms with Gasteiger partial charge in [0, 0.05) is 17.4 Å². The molecule has 0 aromatic heterocycles. The molecule has 3 nitrogen and oxygen atoms in total. The van der Waals surface area contributed by atoms with Gasteiger partial charge in [-0.15, -0.1) is 11.8 Å². The lowest BCUT2D eigenvalue weighted by Gasteiger charge is -2.17. The third-order valence-corrected chi connectivity index (χ3v) is 4.83. The maximum absolute atomic E-state index is 11.5. The molecule has 0 saturated heterocycles. The summed E-state index contributed by atoms with van der Waals surface area (Å²) in [6.45, 7) is 2.12. The Labute approximate surface area is 117 Å². The van der Waals surface area contributed by atoms with E-state index in [1.54, 1.807) is 11.8 Å². The van der Waals surface area contributed by atoms with Crippen LogP contribution in [-0.4, -0.2) is 16.8 Å². The molecule has 1 heterocycles. The lowest BCUT2D eigenvalue weighted by atomic mass is 10.1. The molecule has 3 rings (SSSR count). The highest BCUT2D eigenvalue weighted by molar-refractivity contribution is 8.13. The van der Waals surface area contributed by atoms with E-state index in [0.29, 0.717) is 5.92 Å². The number of amides is 2. The van der Waals surface area contributed by atoms with Gasteiger partial charge in [0.1, 0.15) is 0 Å². The predicted octanol–water partition coefficient (Wildman–Crippen LogP) is 4.00. The minimum absolute atomic E-state index is 0.312. The Kier molecular flexibility index (Phi) is 3.51. The van der Waals surface area contributed by atoms with Crippen molar-refractivity contribution in [2.75, 3.05) is 0 Å². The molecular weight excluding hydrogens is 256 g/mol. The van der Waals surface area contributed by atoms with E-state index in [4.69, 9.17) is 0 Å². The molecule has 0 spiro atoms. The zero-order valence-corrected chi connectivity index (χ0v) is 11.7. The van der Waals surface area contributed by atoms with E-state index in [1.165, 1.54) is 11.1 Å². The van der Waals surface area contributed by atoms with E-state index in [-0.39, 0.29) is 6.03 Å². The number of hydrogen-bond donors (Lipinski definition) is 0. The van der Waals surface area contributed by atoms with Crippen LogP contribution in [0.15, 0.2) is 34.3 Å². The topological polar surface area (TPSA) is 41.8 Å². The van der Waals surface area contributed by atoms with Crippen molar-refractivity contribution in [3.8, 4) is 0 Å². The molecule has 1 saturated carbocycles. The summed E-state index contributed by atoms with van der Waals surface area (Å²) in [6.07, 6.45) is 3.17. The number of aryl methyl sites for hydroxylation is 1. The van der Waals surface area contributed by atoms with Gasteiger partial charge in [-0.25, -0.2) is 9.79 Å². The van der Waals surface area contributed by atoms with Crippen molar-refractivity contribution in [3.05, 3.63) is 35.4 Å². The van der Waals surface area contributed by atoms with Crippen LogP contribution in [0.2, 0.25) is 0 Å². The van der Waals surface area contributed by atoms with Crippen LogP contribution in [0.4, 0.5) is 4.79 Å². The van der Waals surface area contributed by atoms with Crippen LogP contribution in [0, 0.1) is 12.8 Å². The van der Waals surface area contributed by atoms with Crippen molar-refractivity contribution >= 4 is 28.5 Å². The Balaban J connectivity index is 1.73. The molecule has 1 atom stereocenters. The van der Waals surface area contributed by atoms with E-state index >= 15 is 0 Å². The second-order valence-corrected chi connectivity index (χ2v) is 5.99. The van der Waals surface area contributed by atoms with E-state index in [0.717, 1.165) is 35.8 Å². The molecule has 1 unspecified atom stereocenters. The molecule has 0 bridgehead atoms. The minimum atomic E-state index is -0.319. The molecule has 2 aliphatic rings. The fraction of sp³-hybridized carbons (Fsp3) is 0.400. The summed E-state index contributed by atoms with van der Waals surface area (Å²) in [5.41, 5.74) is 3.65. The number of urea groups is 1. The largest absolute Gasteiger partial charge is 0.367 e. The number of carbonyl (C=O) groups excluding carboxylic acids is 1. The third kappa shape index (κ3) is 2.63. The standard InChI is InChI=1S/C15H16N2OS/c1-10-5-2-3-6-11(10)9-19-14-12-7-4-8-13(12)16-15(18)17-14/h2-3,5-6,12H,4,7-9H2,1H3. The van der Waals surface area contributed by atoms with E-state index in [1.807, 2.05) is 6.07 Å². The summed E-state index contributed by atoms with van der Waals surface area (Å²) in [6, 6.07) is 8.04. The highest BCUT2D eigenvalue weighted by atomic mass is 32.2. The monoisotopic (exact) mass is 272 g/mol. The maximum atomic E-state index is 11.5. The number of aliphatic imine (C=N–C) groups is 2. The number of nitrogens with zero attached hydrogens (tertiary/aromatic N) is 2. The quantitative estimate of drug-likeness (QED) is 0.816. The number of benzene rings is 1. The van der Waals surface area contributed by atoms with Gasteiger partial charge in [0.25, 0.3) is 0 Å². The normalized spacial score (nSPS) is 21.9. The van der Waals surface area contributed by atoms with Gasteiger partial charge in [0.2, 0.25) is 0 Å². The Morgan fingerprint density at radius 3 is 3.00 bits per heavy atom.